The van der Waals surface area contributed by atoms with Gasteiger partial charge in [-0.1, -0.05) is 13.3 Å². The second-order valence-electron chi connectivity index (χ2n) is 2.01. The van der Waals surface area contributed by atoms with Crippen molar-refractivity contribution in [2.75, 3.05) is 0 Å². The van der Waals surface area contributed by atoms with Crippen molar-refractivity contribution in [1.82, 2.24) is 0 Å². The van der Waals surface area contributed by atoms with Gasteiger partial charge in [0, 0.05) is 6.42 Å². The summed E-state index contributed by atoms with van der Waals surface area (Å²) in [6, 6.07) is 0. The van der Waals surface area contributed by atoms with Gasteiger partial charge in [0.25, 0.3) is 0 Å². The van der Waals surface area contributed by atoms with Crippen LogP contribution >= 0.6 is 7.82 Å². The van der Waals surface area contributed by atoms with Crippen molar-refractivity contribution in [3.8, 4) is 0 Å². The maximum Gasteiger partial charge on any atom is 0.466 e. The smallest absolute Gasteiger partial charge is 0.466 e. The van der Waals surface area contributed by atoms with Crippen LogP contribution in [0.4, 0.5) is 0 Å². The van der Waals surface area contributed by atoms with Crippen LogP contribution in [0.15, 0.2) is 0 Å². The van der Waals surface area contributed by atoms with Gasteiger partial charge in [-0.15, -0.1) is 0 Å². The maximum atomic E-state index is 9.76. The number of hydrogen-bond donors (Lipinski definition) is 4. The van der Waals surface area contributed by atoms with Gasteiger partial charge in [-0.3, -0.25) is 4.79 Å². The third-order valence-corrected chi connectivity index (χ3v) is 0.744. The third-order valence-electron chi connectivity index (χ3n) is 0.744. The van der Waals surface area contributed by atoms with E-state index >= 15 is 0 Å². The summed E-state index contributed by atoms with van der Waals surface area (Å²) in [5.41, 5.74) is 0. The number of hydrogen-bond acceptors (Lipinski definition) is 2. The number of unbranched alkanes of at least 4 members (excludes halogenated alkanes) is 1. The number of carboxylic acid groups (broad SMARTS) is 1. The fraction of sp³-hybridized carbons (Fsp3) is 0.800. The quantitative estimate of drug-likeness (QED) is 0.488. The minimum atomic E-state index is -4.64. The number of aliphatic carboxylic acids is 1. The lowest BCUT2D eigenvalue weighted by Gasteiger charge is -1.85. The highest BCUT2D eigenvalue weighted by molar-refractivity contribution is 7.45. The van der Waals surface area contributed by atoms with Gasteiger partial charge in [-0.2, -0.15) is 0 Å². The Morgan fingerprint density at radius 3 is 1.75 bits per heavy atom. The van der Waals surface area contributed by atoms with Gasteiger partial charge in [-0.05, 0) is 6.42 Å². The topological polar surface area (TPSA) is 115 Å². The summed E-state index contributed by atoms with van der Waals surface area (Å²) in [6.07, 6.45) is 2.08. The van der Waals surface area contributed by atoms with E-state index in [1.54, 1.807) is 0 Å². The van der Waals surface area contributed by atoms with Crippen LogP contribution in [0.3, 0.4) is 0 Å². The normalized spacial score (nSPS) is 10.0. The van der Waals surface area contributed by atoms with Crippen molar-refractivity contribution in [3.05, 3.63) is 0 Å². The molecule has 6 nitrogen and oxygen atoms in total. The molecular formula is C5H13O6P. The maximum absolute atomic E-state index is 9.76. The molecule has 0 saturated carbocycles. The zero-order chi connectivity index (χ0) is 10.2. The molecule has 0 aromatic heterocycles. The molecular weight excluding hydrogens is 187 g/mol. The number of carboxylic acids is 1. The van der Waals surface area contributed by atoms with Crippen LogP contribution in [-0.2, 0) is 9.36 Å². The Labute approximate surface area is 70.1 Å². The molecule has 74 valence electrons. The lowest BCUT2D eigenvalue weighted by molar-refractivity contribution is -0.137. The molecule has 4 N–H and O–H groups in total. The summed E-state index contributed by atoms with van der Waals surface area (Å²) in [5.74, 6) is -0.693. The van der Waals surface area contributed by atoms with Crippen molar-refractivity contribution in [1.29, 1.82) is 0 Å². The average Bonchev–Trinajstić information content (AvgIpc) is 1.79. The number of carbonyl (C=O) groups is 1. The summed E-state index contributed by atoms with van der Waals surface area (Å²) in [6.45, 7) is 1.98. The predicted octanol–water partition coefficient (Wildman–Crippen LogP) is 0.333. The van der Waals surface area contributed by atoms with Crippen LogP contribution in [0.1, 0.15) is 26.2 Å². The molecule has 0 radical (unpaired) electrons. The Morgan fingerprint density at radius 2 is 1.67 bits per heavy atom. The molecule has 0 aliphatic carbocycles. The molecule has 0 spiro atoms. The van der Waals surface area contributed by atoms with Crippen LogP contribution in [-0.4, -0.2) is 25.8 Å². The summed E-state index contributed by atoms with van der Waals surface area (Å²) in [4.78, 5) is 31.3. The number of rotatable bonds is 3. The molecule has 0 aliphatic heterocycles. The van der Waals surface area contributed by atoms with E-state index in [2.05, 4.69) is 0 Å². The first-order valence-electron chi connectivity index (χ1n) is 3.27. The summed E-state index contributed by atoms with van der Waals surface area (Å²) >= 11 is 0. The first kappa shape index (κ1) is 14.1. The van der Waals surface area contributed by atoms with E-state index in [1.807, 2.05) is 6.92 Å². The predicted molar refractivity (Wildman–Crippen MR) is 41.4 cm³/mol. The van der Waals surface area contributed by atoms with Gasteiger partial charge in [0.15, 0.2) is 0 Å². The molecule has 7 heteroatoms. The Balaban J connectivity index is 0. The average molecular weight is 200 g/mol. The number of phosphoric acid groups is 1. The van der Waals surface area contributed by atoms with Crippen LogP contribution in [0.5, 0.6) is 0 Å². The molecule has 0 aromatic carbocycles. The molecule has 0 unspecified atom stereocenters. The van der Waals surface area contributed by atoms with Gasteiger partial charge in [-0.25, -0.2) is 4.57 Å². The molecule has 0 aromatic rings. The lowest BCUT2D eigenvalue weighted by atomic mass is 10.3. The van der Waals surface area contributed by atoms with Gasteiger partial charge in [0.1, 0.15) is 0 Å². The molecule has 0 heterocycles. The van der Waals surface area contributed by atoms with E-state index in [9.17, 15) is 4.79 Å². The molecule has 12 heavy (non-hydrogen) atoms. The van der Waals surface area contributed by atoms with Crippen molar-refractivity contribution in [2.45, 2.75) is 26.2 Å². The highest BCUT2D eigenvalue weighted by Gasteiger charge is 2.00. The summed E-state index contributed by atoms with van der Waals surface area (Å²) < 4.78 is 8.88. The molecule has 0 saturated heterocycles. The van der Waals surface area contributed by atoms with Crippen molar-refractivity contribution in [2.24, 2.45) is 0 Å². The van der Waals surface area contributed by atoms with Crippen molar-refractivity contribution < 1.29 is 29.1 Å². The largest absolute Gasteiger partial charge is 0.481 e. The van der Waals surface area contributed by atoms with Crippen LogP contribution in [0.2, 0.25) is 0 Å². The Bertz CT molecular complexity index is 153. The monoisotopic (exact) mass is 200 g/mol. The van der Waals surface area contributed by atoms with Gasteiger partial charge in [0.2, 0.25) is 0 Å². The van der Waals surface area contributed by atoms with E-state index in [0.29, 0.717) is 6.42 Å². The minimum absolute atomic E-state index is 0.316. The molecule has 0 atom stereocenters. The first-order valence-corrected chi connectivity index (χ1v) is 4.84. The van der Waals surface area contributed by atoms with Crippen molar-refractivity contribution in [3.63, 3.8) is 0 Å². The summed E-state index contributed by atoms with van der Waals surface area (Å²) in [5, 5.41) is 8.04. The van der Waals surface area contributed by atoms with Gasteiger partial charge in [0.05, 0.1) is 0 Å². The molecule has 0 rings (SSSR count). The highest BCUT2D eigenvalue weighted by Crippen LogP contribution is 2.25. The minimum Gasteiger partial charge on any atom is -0.481 e. The van der Waals surface area contributed by atoms with Crippen LogP contribution in [0, 0.1) is 0 Å². The highest BCUT2D eigenvalue weighted by atomic mass is 31.2. The molecule has 0 bridgehead atoms. The van der Waals surface area contributed by atoms with Gasteiger partial charge >= 0.3 is 13.8 Å². The summed E-state index contributed by atoms with van der Waals surface area (Å²) in [7, 11) is -4.64. The standard InChI is InChI=1S/C5H10O2.H3O4P/c1-2-3-4-5(6)7;1-5(2,3)4/h2-4H2,1H3,(H,6,7);(H3,1,2,3,4). The van der Waals surface area contributed by atoms with Crippen LogP contribution in [0.25, 0.3) is 0 Å². The Hall–Kier alpha value is -0.420. The molecule has 0 fully saturated rings. The van der Waals surface area contributed by atoms with E-state index < -0.39 is 13.8 Å². The lowest BCUT2D eigenvalue weighted by Crippen LogP contribution is -1.91. The van der Waals surface area contributed by atoms with E-state index in [0.717, 1.165) is 12.8 Å². The molecule has 0 amide bonds. The SMILES string of the molecule is CCCCC(=O)O.O=P(O)(O)O. The molecule has 0 aliphatic rings. The fourth-order valence-electron chi connectivity index (χ4n) is 0.328. The Kier molecular flexibility index (Phi) is 8.52. The first-order chi connectivity index (χ1) is 5.27. The Morgan fingerprint density at radius 1 is 1.33 bits per heavy atom. The van der Waals surface area contributed by atoms with Gasteiger partial charge < -0.3 is 19.8 Å². The second-order valence-corrected chi connectivity index (χ2v) is 3.04. The fourth-order valence-corrected chi connectivity index (χ4v) is 0.328. The van der Waals surface area contributed by atoms with E-state index in [1.165, 1.54) is 0 Å². The van der Waals surface area contributed by atoms with Crippen molar-refractivity contribution >= 4 is 13.8 Å². The zero-order valence-electron chi connectivity index (χ0n) is 6.67. The second kappa shape index (κ2) is 7.24. The zero-order valence-corrected chi connectivity index (χ0v) is 7.57. The van der Waals surface area contributed by atoms with E-state index in [-0.39, 0.29) is 0 Å². The third kappa shape index (κ3) is 55.0. The van der Waals surface area contributed by atoms with E-state index in [4.69, 9.17) is 24.4 Å². The van der Waals surface area contributed by atoms with Crippen LogP contribution < -0.4 is 0 Å².